The smallest absolute Gasteiger partial charge is 0.234 e. The number of nitro groups is 1. The molecule has 0 spiro atoms. The fourth-order valence-electron chi connectivity index (χ4n) is 4.06. The Morgan fingerprint density at radius 3 is 2.40 bits per heavy atom. The maximum atomic E-state index is 10.6. The normalized spacial score (nSPS) is 49.9. The van der Waals surface area contributed by atoms with Gasteiger partial charge >= 0.3 is 0 Å². The van der Waals surface area contributed by atoms with Crippen molar-refractivity contribution in [2.75, 3.05) is 0 Å². The summed E-state index contributed by atoms with van der Waals surface area (Å²) < 4.78 is 0.317. The lowest BCUT2D eigenvalue weighted by Crippen LogP contribution is -2.48. The topological polar surface area (TPSA) is 43.1 Å². The van der Waals surface area contributed by atoms with Crippen molar-refractivity contribution in [3.63, 3.8) is 0 Å². The second-order valence-corrected chi connectivity index (χ2v) is 7.09. The Bertz CT molecular complexity index is 334. The fourth-order valence-corrected chi connectivity index (χ4v) is 5.30. The molecular formula is C11H14BrNO2. The predicted molar refractivity (Wildman–Crippen MR) is 60.3 cm³/mol. The Morgan fingerprint density at radius 1 is 1.33 bits per heavy atom. The number of hydrogen-bond donors (Lipinski definition) is 0. The number of halogens is 1. The summed E-state index contributed by atoms with van der Waals surface area (Å²) in [7, 11) is 0. The average Bonchev–Trinajstić information content (AvgIpc) is 2.08. The van der Waals surface area contributed by atoms with E-state index in [-0.39, 0.29) is 4.92 Å². The molecular weight excluding hydrogens is 258 g/mol. The molecule has 2 unspecified atom stereocenters. The molecule has 0 aromatic rings. The second-order valence-electron chi connectivity index (χ2n) is 5.41. The van der Waals surface area contributed by atoms with Gasteiger partial charge in [0.05, 0.1) is 4.92 Å². The van der Waals surface area contributed by atoms with Gasteiger partial charge in [0.2, 0.25) is 6.20 Å². The van der Waals surface area contributed by atoms with Crippen molar-refractivity contribution in [3.8, 4) is 0 Å². The molecule has 4 rings (SSSR count). The lowest BCUT2D eigenvalue weighted by atomic mass is 9.54. The van der Waals surface area contributed by atoms with Crippen LogP contribution in [0.1, 0.15) is 32.1 Å². The Hall–Kier alpha value is -0.380. The SMILES string of the molecule is O=[N+]([O-])C=C1[C@@H]2CC3C[C@H]1CC(Br)(C3)C2. The number of nitrogens with zero attached hydrogens (tertiary/aromatic N) is 1. The van der Waals surface area contributed by atoms with Gasteiger partial charge < -0.3 is 0 Å². The number of allylic oxidation sites excluding steroid dienone is 1. The third-order valence-electron chi connectivity index (χ3n) is 4.31. The molecule has 0 heterocycles. The highest BCUT2D eigenvalue weighted by Gasteiger charge is 2.52. The van der Waals surface area contributed by atoms with Gasteiger partial charge in [0, 0.05) is 9.90 Å². The number of rotatable bonds is 1. The molecule has 0 N–H and O–H groups in total. The van der Waals surface area contributed by atoms with Crippen LogP contribution in [0.5, 0.6) is 0 Å². The van der Waals surface area contributed by atoms with Crippen LogP contribution in [-0.2, 0) is 0 Å². The molecule has 82 valence electrons. The summed E-state index contributed by atoms with van der Waals surface area (Å²) in [5.74, 6) is 1.79. The molecule has 0 aliphatic heterocycles. The summed E-state index contributed by atoms with van der Waals surface area (Å²) in [6, 6.07) is 0. The van der Waals surface area contributed by atoms with Gasteiger partial charge in [0.1, 0.15) is 0 Å². The third-order valence-corrected chi connectivity index (χ3v) is 5.28. The first-order valence-electron chi connectivity index (χ1n) is 5.60. The first kappa shape index (κ1) is 9.82. The Balaban J connectivity index is 1.94. The fraction of sp³-hybridized carbons (Fsp3) is 0.818. The van der Waals surface area contributed by atoms with Gasteiger partial charge in [-0.15, -0.1) is 0 Å². The van der Waals surface area contributed by atoms with Crippen molar-refractivity contribution in [1.29, 1.82) is 0 Å². The van der Waals surface area contributed by atoms with Gasteiger partial charge in [-0.25, -0.2) is 0 Å². The lowest BCUT2D eigenvalue weighted by Gasteiger charge is -2.54. The minimum Gasteiger partial charge on any atom is -0.259 e. The van der Waals surface area contributed by atoms with Gasteiger partial charge in [-0.3, -0.25) is 10.1 Å². The molecule has 0 amide bonds. The Labute approximate surface area is 97.2 Å². The number of alkyl halides is 1. The monoisotopic (exact) mass is 271 g/mol. The van der Waals surface area contributed by atoms with Crippen LogP contribution in [-0.4, -0.2) is 9.25 Å². The molecule has 3 nitrogen and oxygen atoms in total. The predicted octanol–water partition coefficient (Wildman–Crippen LogP) is 3.12. The van der Waals surface area contributed by atoms with E-state index in [1.165, 1.54) is 25.5 Å². The van der Waals surface area contributed by atoms with E-state index in [1.807, 2.05) is 0 Å². The maximum absolute atomic E-state index is 10.6. The summed E-state index contributed by atoms with van der Waals surface area (Å²) in [6.07, 6.45) is 7.17. The van der Waals surface area contributed by atoms with E-state index in [1.54, 1.807) is 0 Å². The zero-order valence-corrected chi connectivity index (χ0v) is 10.1. The van der Waals surface area contributed by atoms with Crippen LogP contribution < -0.4 is 0 Å². The molecule has 4 aliphatic carbocycles. The van der Waals surface area contributed by atoms with Crippen LogP contribution in [0.25, 0.3) is 0 Å². The summed E-state index contributed by atoms with van der Waals surface area (Å²) in [5.41, 5.74) is 1.13. The first-order chi connectivity index (χ1) is 7.06. The highest BCUT2D eigenvalue weighted by Crippen LogP contribution is 2.61. The molecule has 4 heteroatoms. The first-order valence-corrected chi connectivity index (χ1v) is 6.39. The highest BCUT2D eigenvalue weighted by atomic mass is 79.9. The van der Waals surface area contributed by atoms with Gasteiger partial charge in [-0.05, 0) is 49.9 Å². The van der Waals surface area contributed by atoms with Crippen molar-refractivity contribution in [2.45, 2.75) is 36.4 Å². The van der Waals surface area contributed by atoms with Crippen LogP contribution >= 0.6 is 15.9 Å². The molecule has 4 atom stereocenters. The van der Waals surface area contributed by atoms with Gasteiger partial charge in [0.25, 0.3) is 0 Å². The molecule has 0 aromatic heterocycles. The Morgan fingerprint density at radius 2 is 1.93 bits per heavy atom. The summed E-state index contributed by atoms with van der Waals surface area (Å²) in [6.45, 7) is 0. The van der Waals surface area contributed by atoms with E-state index in [0.29, 0.717) is 16.2 Å². The molecule has 4 saturated carbocycles. The molecule has 0 saturated heterocycles. The number of hydrogen-bond acceptors (Lipinski definition) is 2. The van der Waals surface area contributed by atoms with Crippen molar-refractivity contribution < 1.29 is 4.92 Å². The van der Waals surface area contributed by atoms with Crippen molar-refractivity contribution in [2.24, 2.45) is 17.8 Å². The van der Waals surface area contributed by atoms with E-state index in [2.05, 4.69) is 15.9 Å². The molecule has 0 aromatic carbocycles. The van der Waals surface area contributed by atoms with Crippen LogP contribution in [0.15, 0.2) is 11.8 Å². The largest absolute Gasteiger partial charge is 0.259 e. The van der Waals surface area contributed by atoms with Crippen LogP contribution in [0, 0.1) is 27.9 Å². The average molecular weight is 272 g/mol. The minimum absolute atomic E-state index is 0.265. The highest BCUT2D eigenvalue weighted by molar-refractivity contribution is 9.10. The molecule has 0 radical (unpaired) electrons. The van der Waals surface area contributed by atoms with E-state index >= 15 is 0 Å². The summed E-state index contributed by atoms with van der Waals surface area (Å²) in [5, 5.41) is 10.6. The molecule has 4 fully saturated rings. The van der Waals surface area contributed by atoms with Gasteiger partial charge in [-0.2, -0.15) is 0 Å². The van der Waals surface area contributed by atoms with E-state index in [4.69, 9.17) is 0 Å². The minimum atomic E-state index is -0.265. The van der Waals surface area contributed by atoms with Crippen molar-refractivity contribution in [3.05, 3.63) is 21.9 Å². The zero-order chi connectivity index (χ0) is 10.6. The van der Waals surface area contributed by atoms with Crippen molar-refractivity contribution in [1.82, 2.24) is 0 Å². The van der Waals surface area contributed by atoms with Crippen LogP contribution in [0.4, 0.5) is 0 Å². The van der Waals surface area contributed by atoms with Crippen LogP contribution in [0.2, 0.25) is 0 Å². The third kappa shape index (κ3) is 1.53. The van der Waals surface area contributed by atoms with Gasteiger partial charge in [0.15, 0.2) is 0 Å². The standard InChI is InChI=1S/C11H14BrNO2/c12-11-3-7-1-8(4-11)10(6-13(14)15)9(2-7)5-11/h6-9H,1-5H2/t7?,8-,9+,11?. The summed E-state index contributed by atoms with van der Waals surface area (Å²) >= 11 is 3.85. The second kappa shape index (κ2) is 3.06. The summed E-state index contributed by atoms with van der Waals surface area (Å²) in [4.78, 5) is 10.3. The zero-order valence-electron chi connectivity index (χ0n) is 8.49. The quantitative estimate of drug-likeness (QED) is 0.418. The van der Waals surface area contributed by atoms with Crippen LogP contribution in [0.3, 0.4) is 0 Å². The van der Waals surface area contributed by atoms with E-state index < -0.39 is 0 Å². The molecule has 4 bridgehead atoms. The van der Waals surface area contributed by atoms with Gasteiger partial charge in [-0.1, -0.05) is 15.9 Å². The molecule has 15 heavy (non-hydrogen) atoms. The van der Waals surface area contributed by atoms with E-state index in [9.17, 15) is 10.1 Å². The Kier molecular flexibility index (Phi) is 2.00. The van der Waals surface area contributed by atoms with Crippen molar-refractivity contribution >= 4 is 15.9 Å². The van der Waals surface area contributed by atoms with E-state index in [0.717, 1.165) is 24.3 Å². The maximum Gasteiger partial charge on any atom is 0.234 e. The lowest BCUT2D eigenvalue weighted by molar-refractivity contribution is -0.404. The molecule has 4 aliphatic rings.